The van der Waals surface area contributed by atoms with Gasteiger partial charge in [0.15, 0.2) is 0 Å². The number of anilines is 3. The number of amides is 1. The van der Waals surface area contributed by atoms with Crippen molar-refractivity contribution in [2.24, 2.45) is 0 Å². The lowest BCUT2D eigenvalue weighted by atomic mass is 10.1. The van der Waals surface area contributed by atoms with Gasteiger partial charge in [0.1, 0.15) is 5.75 Å². The van der Waals surface area contributed by atoms with Crippen molar-refractivity contribution in [1.82, 2.24) is 0 Å². The Balaban J connectivity index is 2.05. The van der Waals surface area contributed by atoms with Gasteiger partial charge in [-0.2, -0.15) is 0 Å². The summed E-state index contributed by atoms with van der Waals surface area (Å²) in [4.78, 5) is 11.9. The fraction of sp³-hybridized carbons (Fsp3) is 0.0714. The molecule has 0 saturated carbocycles. The highest BCUT2D eigenvalue weighted by Gasteiger charge is 2.07. The van der Waals surface area contributed by atoms with Crippen molar-refractivity contribution in [2.75, 3.05) is 16.8 Å². The molecule has 2 rings (SSSR count). The first-order chi connectivity index (χ1) is 9.04. The molecule has 0 spiro atoms. The molecule has 0 heterocycles. The highest BCUT2D eigenvalue weighted by molar-refractivity contribution is 5.93. The highest BCUT2D eigenvalue weighted by Crippen LogP contribution is 2.18. The van der Waals surface area contributed by atoms with Crippen LogP contribution in [0.15, 0.2) is 42.5 Å². The summed E-state index contributed by atoms with van der Waals surface area (Å²) in [5.74, 6) is -0.105. The summed E-state index contributed by atoms with van der Waals surface area (Å²) in [6.07, 6.45) is 0.155. The summed E-state index contributed by atoms with van der Waals surface area (Å²) >= 11 is 0. The predicted molar refractivity (Wildman–Crippen MR) is 75.7 cm³/mol. The molecule has 0 aromatic heterocycles. The number of hydrogen-bond acceptors (Lipinski definition) is 4. The zero-order valence-electron chi connectivity index (χ0n) is 10.3. The molecule has 0 radical (unpaired) electrons. The molecular formula is C14H15N3O2. The van der Waals surface area contributed by atoms with Crippen LogP contribution in [-0.4, -0.2) is 11.0 Å². The van der Waals surface area contributed by atoms with Gasteiger partial charge in [0, 0.05) is 23.1 Å². The number of nitrogens with two attached hydrogens (primary N) is 2. The van der Waals surface area contributed by atoms with E-state index < -0.39 is 0 Å². The summed E-state index contributed by atoms with van der Waals surface area (Å²) in [6, 6.07) is 11.4. The van der Waals surface area contributed by atoms with E-state index in [4.69, 9.17) is 11.5 Å². The smallest absolute Gasteiger partial charge is 0.228 e. The molecule has 0 atom stereocenters. The van der Waals surface area contributed by atoms with Crippen molar-refractivity contribution in [3.63, 3.8) is 0 Å². The van der Waals surface area contributed by atoms with Crippen LogP contribution < -0.4 is 16.8 Å². The Hall–Kier alpha value is -2.69. The molecule has 0 bridgehead atoms. The molecule has 0 fully saturated rings. The summed E-state index contributed by atoms with van der Waals surface area (Å²) in [5.41, 5.74) is 13.7. The normalized spacial score (nSPS) is 10.1. The summed E-state index contributed by atoms with van der Waals surface area (Å²) in [5, 5.41) is 12.0. The number of benzene rings is 2. The number of aromatic hydroxyl groups is 1. The molecule has 0 unspecified atom stereocenters. The third kappa shape index (κ3) is 3.38. The second-order valence-electron chi connectivity index (χ2n) is 4.23. The minimum absolute atomic E-state index is 0.102. The second-order valence-corrected chi connectivity index (χ2v) is 4.23. The van der Waals surface area contributed by atoms with Crippen molar-refractivity contribution >= 4 is 23.0 Å². The number of phenols is 1. The van der Waals surface area contributed by atoms with Gasteiger partial charge in [0.05, 0.1) is 6.42 Å². The van der Waals surface area contributed by atoms with Crippen LogP contribution in [0.4, 0.5) is 17.1 Å². The van der Waals surface area contributed by atoms with Crippen molar-refractivity contribution in [3.05, 3.63) is 48.0 Å². The Labute approximate surface area is 110 Å². The Kier molecular flexibility index (Phi) is 3.56. The maximum atomic E-state index is 11.9. The van der Waals surface area contributed by atoms with Crippen molar-refractivity contribution in [2.45, 2.75) is 6.42 Å². The largest absolute Gasteiger partial charge is 0.508 e. The van der Waals surface area contributed by atoms with E-state index in [2.05, 4.69) is 5.32 Å². The van der Waals surface area contributed by atoms with Gasteiger partial charge in [-0.15, -0.1) is 0 Å². The monoisotopic (exact) mass is 257 g/mol. The second kappa shape index (κ2) is 5.30. The van der Waals surface area contributed by atoms with Gasteiger partial charge in [-0.1, -0.05) is 12.1 Å². The van der Waals surface area contributed by atoms with E-state index in [9.17, 15) is 9.90 Å². The lowest BCUT2D eigenvalue weighted by Crippen LogP contribution is -2.15. The van der Waals surface area contributed by atoms with Gasteiger partial charge in [-0.3, -0.25) is 4.79 Å². The highest BCUT2D eigenvalue weighted by atomic mass is 16.3. The lowest BCUT2D eigenvalue weighted by Gasteiger charge is -2.08. The molecule has 2 aromatic rings. The van der Waals surface area contributed by atoms with Gasteiger partial charge < -0.3 is 21.9 Å². The first kappa shape index (κ1) is 12.8. The van der Waals surface area contributed by atoms with Crippen LogP contribution in [-0.2, 0) is 11.2 Å². The van der Waals surface area contributed by atoms with Crippen molar-refractivity contribution in [1.29, 1.82) is 0 Å². The van der Waals surface area contributed by atoms with Gasteiger partial charge in [-0.25, -0.2) is 0 Å². The molecule has 98 valence electrons. The van der Waals surface area contributed by atoms with Crippen LogP contribution >= 0.6 is 0 Å². The summed E-state index contributed by atoms with van der Waals surface area (Å²) < 4.78 is 0. The van der Waals surface area contributed by atoms with Crippen LogP contribution in [0.25, 0.3) is 0 Å². The lowest BCUT2D eigenvalue weighted by molar-refractivity contribution is -0.115. The van der Waals surface area contributed by atoms with E-state index in [0.717, 1.165) is 0 Å². The fourth-order valence-corrected chi connectivity index (χ4v) is 1.74. The number of phenolic OH excluding ortho intramolecular Hbond substituents is 1. The minimum atomic E-state index is -0.206. The third-order valence-electron chi connectivity index (χ3n) is 2.65. The molecule has 0 saturated heterocycles. The third-order valence-corrected chi connectivity index (χ3v) is 2.65. The van der Waals surface area contributed by atoms with Gasteiger partial charge in [-0.05, 0) is 29.8 Å². The number of hydrogen-bond donors (Lipinski definition) is 4. The molecule has 0 aliphatic carbocycles. The first-order valence-electron chi connectivity index (χ1n) is 5.77. The average molecular weight is 257 g/mol. The number of rotatable bonds is 3. The molecule has 5 heteroatoms. The van der Waals surface area contributed by atoms with Crippen LogP contribution in [0.1, 0.15) is 5.56 Å². The summed E-state index contributed by atoms with van der Waals surface area (Å²) in [7, 11) is 0. The van der Waals surface area contributed by atoms with Crippen molar-refractivity contribution in [3.8, 4) is 5.75 Å². The van der Waals surface area contributed by atoms with Gasteiger partial charge in [0.2, 0.25) is 5.91 Å². The maximum absolute atomic E-state index is 11.9. The summed E-state index contributed by atoms with van der Waals surface area (Å²) in [6.45, 7) is 0. The number of nitrogens with one attached hydrogen (secondary N) is 1. The standard InChI is InChI=1S/C14H15N3O2/c15-10-5-4-9(13(16)7-10)6-14(19)17-11-2-1-3-12(18)8-11/h1-5,7-8,18H,6,15-16H2,(H,17,19). The molecule has 5 nitrogen and oxygen atoms in total. The van der Waals surface area contributed by atoms with Crippen LogP contribution in [0, 0.1) is 0 Å². The van der Waals surface area contributed by atoms with Crippen LogP contribution in [0.3, 0.4) is 0 Å². The SMILES string of the molecule is Nc1ccc(CC(=O)Nc2cccc(O)c2)c(N)c1. The van der Waals surface area contributed by atoms with E-state index in [1.165, 1.54) is 12.1 Å². The average Bonchev–Trinajstić information content (AvgIpc) is 2.33. The van der Waals surface area contributed by atoms with E-state index >= 15 is 0 Å². The predicted octanol–water partition coefficient (Wildman–Crippen LogP) is 1.74. The molecule has 19 heavy (non-hydrogen) atoms. The Bertz CT molecular complexity index is 611. The Morgan fingerprint density at radius 1 is 1.16 bits per heavy atom. The van der Waals surface area contributed by atoms with E-state index in [0.29, 0.717) is 22.6 Å². The quantitative estimate of drug-likeness (QED) is 0.629. The molecular weight excluding hydrogens is 242 g/mol. The first-order valence-corrected chi connectivity index (χ1v) is 5.77. The van der Waals surface area contributed by atoms with Gasteiger partial charge >= 0.3 is 0 Å². The Morgan fingerprint density at radius 3 is 2.63 bits per heavy atom. The zero-order valence-corrected chi connectivity index (χ0v) is 10.3. The maximum Gasteiger partial charge on any atom is 0.228 e. The molecule has 0 aliphatic heterocycles. The minimum Gasteiger partial charge on any atom is -0.508 e. The molecule has 0 aliphatic rings. The van der Waals surface area contributed by atoms with Gasteiger partial charge in [0.25, 0.3) is 0 Å². The van der Waals surface area contributed by atoms with E-state index in [1.807, 2.05) is 0 Å². The van der Waals surface area contributed by atoms with Crippen LogP contribution in [0.2, 0.25) is 0 Å². The van der Waals surface area contributed by atoms with Crippen molar-refractivity contribution < 1.29 is 9.90 Å². The molecule has 6 N–H and O–H groups in total. The van der Waals surface area contributed by atoms with E-state index in [1.54, 1.807) is 30.3 Å². The van der Waals surface area contributed by atoms with E-state index in [-0.39, 0.29) is 18.1 Å². The molecule has 1 amide bonds. The Morgan fingerprint density at radius 2 is 1.95 bits per heavy atom. The zero-order chi connectivity index (χ0) is 13.8. The number of carbonyl (C=O) groups is 1. The topological polar surface area (TPSA) is 101 Å². The van der Waals surface area contributed by atoms with Crippen LogP contribution in [0.5, 0.6) is 5.75 Å². The number of nitrogen functional groups attached to an aromatic ring is 2. The number of carbonyl (C=O) groups excluding carboxylic acids is 1. The molecule has 2 aromatic carbocycles. The fourth-order valence-electron chi connectivity index (χ4n) is 1.74.